The highest BCUT2D eigenvalue weighted by molar-refractivity contribution is 7.99. The molecule has 0 radical (unpaired) electrons. The molecule has 0 spiro atoms. The van der Waals surface area contributed by atoms with Gasteiger partial charge in [-0.1, -0.05) is 0 Å². The van der Waals surface area contributed by atoms with E-state index in [-0.39, 0.29) is 5.91 Å². The summed E-state index contributed by atoms with van der Waals surface area (Å²) < 4.78 is 5.37. The van der Waals surface area contributed by atoms with Crippen molar-refractivity contribution in [3.05, 3.63) is 23.7 Å². The van der Waals surface area contributed by atoms with Gasteiger partial charge in [-0.2, -0.15) is 11.8 Å². The highest BCUT2D eigenvalue weighted by Gasteiger charge is 2.13. The Morgan fingerprint density at radius 2 is 2.41 bits per heavy atom. The molecule has 1 amide bonds. The molecule has 3 N–H and O–H groups in total. The first kappa shape index (κ1) is 12.5. The summed E-state index contributed by atoms with van der Waals surface area (Å²) in [5, 5.41) is 0. The molecular formula is C11H17N3O2S. The van der Waals surface area contributed by atoms with Gasteiger partial charge in [-0.3, -0.25) is 15.1 Å². The van der Waals surface area contributed by atoms with Gasteiger partial charge < -0.3 is 4.42 Å². The van der Waals surface area contributed by atoms with Gasteiger partial charge in [0.1, 0.15) is 12.0 Å². The number of thioether (sulfide) groups is 1. The van der Waals surface area contributed by atoms with E-state index in [4.69, 9.17) is 10.3 Å². The van der Waals surface area contributed by atoms with Gasteiger partial charge in [0.15, 0.2) is 0 Å². The second kappa shape index (κ2) is 6.09. The van der Waals surface area contributed by atoms with E-state index in [1.165, 1.54) is 18.4 Å². The number of amides is 1. The van der Waals surface area contributed by atoms with Gasteiger partial charge in [0.05, 0.1) is 12.1 Å². The first-order chi connectivity index (χ1) is 8.29. The SMILES string of the molecule is NNC(=O)c1coc(CN2CCCSCC2)c1. The van der Waals surface area contributed by atoms with Gasteiger partial charge in [-0.15, -0.1) is 0 Å². The van der Waals surface area contributed by atoms with Crippen LogP contribution in [0, 0.1) is 0 Å². The fraction of sp³-hybridized carbons (Fsp3) is 0.545. The van der Waals surface area contributed by atoms with Crippen molar-refractivity contribution < 1.29 is 9.21 Å². The summed E-state index contributed by atoms with van der Waals surface area (Å²) in [6.45, 7) is 2.92. The molecule has 1 aromatic heterocycles. The van der Waals surface area contributed by atoms with Crippen molar-refractivity contribution in [1.29, 1.82) is 0 Å². The monoisotopic (exact) mass is 255 g/mol. The molecule has 0 atom stereocenters. The third kappa shape index (κ3) is 3.49. The number of carbonyl (C=O) groups excluding carboxylic acids is 1. The topological polar surface area (TPSA) is 71.5 Å². The molecule has 1 aromatic rings. The lowest BCUT2D eigenvalue weighted by Gasteiger charge is -2.17. The van der Waals surface area contributed by atoms with Crippen molar-refractivity contribution in [2.24, 2.45) is 5.84 Å². The number of furan rings is 1. The van der Waals surface area contributed by atoms with Crippen LogP contribution in [0.1, 0.15) is 22.5 Å². The third-order valence-electron chi connectivity index (χ3n) is 2.74. The van der Waals surface area contributed by atoms with Crippen molar-refractivity contribution in [2.75, 3.05) is 24.6 Å². The summed E-state index contributed by atoms with van der Waals surface area (Å²) in [7, 11) is 0. The lowest BCUT2D eigenvalue weighted by atomic mass is 10.3. The van der Waals surface area contributed by atoms with E-state index in [0.717, 1.165) is 31.1 Å². The Bertz CT molecular complexity index is 373. The van der Waals surface area contributed by atoms with Crippen LogP contribution in [0.15, 0.2) is 16.7 Å². The number of hydrazine groups is 1. The first-order valence-electron chi connectivity index (χ1n) is 5.68. The van der Waals surface area contributed by atoms with Crippen LogP contribution < -0.4 is 11.3 Å². The minimum absolute atomic E-state index is 0.313. The van der Waals surface area contributed by atoms with E-state index in [1.54, 1.807) is 6.07 Å². The summed E-state index contributed by atoms with van der Waals surface area (Å²) in [5.74, 6) is 7.96. The highest BCUT2D eigenvalue weighted by Crippen LogP contribution is 2.15. The van der Waals surface area contributed by atoms with Gasteiger partial charge in [-0.25, -0.2) is 5.84 Å². The maximum absolute atomic E-state index is 11.3. The molecule has 1 saturated heterocycles. The first-order valence-corrected chi connectivity index (χ1v) is 6.83. The molecule has 2 heterocycles. The zero-order chi connectivity index (χ0) is 12.1. The predicted octanol–water partition coefficient (Wildman–Crippen LogP) is 0.822. The predicted molar refractivity (Wildman–Crippen MR) is 67.6 cm³/mol. The van der Waals surface area contributed by atoms with Gasteiger partial charge >= 0.3 is 0 Å². The number of carbonyl (C=O) groups is 1. The minimum atomic E-state index is -0.313. The molecule has 17 heavy (non-hydrogen) atoms. The van der Waals surface area contributed by atoms with Gasteiger partial charge in [0, 0.05) is 12.3 Å². The van der Waals surface area contributed by atoms with Crippen LogP contribution in [-0.2, 0) is 6.54 Å². The molecule has 0 unspecified atom stereocenters. The van der Waals surface area contributed by atoms with Gasteiger partial charge in [0.25, 0.3) is 5.91 Å². The largest absolute Gasteiger partial charge is 0.467 e. The quantitative estimate of drug-likeness (QED) is 0.475. The molecule has 1 fully saturated rings. The smallest absolute Gasteiger partial charge is 0.268 e. The Labute approximate surface area is 105 Å². The maximum Gasteiger partial charge on any atom is 0.268 e. The summed E-state index contributed by atoms with van der Waals surface area (Å²) in [6, 6.07) is 1.75. The molecule has 6 heteroatoms. The van der Waals surface area contributed by atoms with E-state index >= 15 is 0 Å². The molecular weight excluding hydrogens is 238 g/mol. The molecule has 0 saturated carbocycles. The molecule has 1 aliphatic rings. The van der Waals surface area contributed by atoms with Crippen molar-refractivity contribution >= 4 is 17.7 Å². The van der Waals surface area contributed by atoms with Crippen LogP contribution in [-0.4, -0.2) is 35.4 Å². The second-order valence-electron chi connectivity index (χ2n) is 4.02. The van der Waals surface area contributed by atoms with E-state index in [1.807, 2.05) is 11.8 Å². The van der Waals surface area contributed by atoms with Crippen LogP contribution in [0.4, 0.5) is 0 Å². The molecule has 0 aliphatic carbocycles. The molecule has 94 valence electrons. The minimum Gasteiger partial charge on any atom is -0.467 e. The summed E-state index contributed by atoms with van der Waals surface area (Å²) in [6.07, 6.45) is 2.66. The maximum atomic E-state index is 11.3. The molecule has 2 rings (SSSR count). The van der Waals surface area contributed by atoms with E-state index < -0.39 is 0 Å². The molecule has 0 bridgehead atoms. The van der Waals surface area contributed by atoms with Crippen LogP contribution in [0.2, 0.25) is 0 Å². The number of nitrogen functional groups attached to an aromatic ring is 1. The average Bonchev–Trinajstić information content (AvgIpc) is 2.65. The number of nitrogens with zero attached hydrogens (tertiary/aromatic N) is 1. The number of nitrogens with one attached hydrogen (secondary N) is 1. The lowest BCUT2D eigenvalue weighted by molar-refractivity contribution is 0.0953. The highest BCUT2D eigenvalue weighted by atomic mass is 32.2. The van der Waals surface area contributed by atoms with Crippen LogP contribution in [0.5, 0.6) is 0 Å². The number of hydrogen-bond donors (Lipinski definition) is 2. The van der Waals surface area contributed by atoms with E-state index in [9.17, 15) is 4.79 Å². The normalized spacial score (nSPS) is 17.7. The lowest BCUT2D eigenvalue weighted by Crippen LogP contribution is -2.29. The number of rotatable bonds is 3. The van der Waals surface area contributed by atoms with Crippen LogP contribution in [0.3, 0.4) is 0 Å². The fourth-order valence-corrected chi connectivity index (χ4v) is 2.77. The zero-order valence-corrected chi connectivity index (χ0v) is 10.5. The van der Waals surface area contributed by atoms with Crippen molar-refractivity contribution in [3.63, 3.8) is 0 Å². The van der Waals surface area contributed by atoms with Crippen molar-refractivity contribution in [2.45, 2.75) is 13.0 Å². The Morgan fingerprint density at radius 3 is 3.24 bits per heavy atom. The third-order valence-corrected chi connectivity index (χ3v) is 3.79. The van der Waals surface area contributed by atoms with E-state index in [0.29, 0.717) is 5.56 Å². The summed E-state index contributed by atoms with van der Waals surface area (Å²) in [4.78, 5) is 13.6. The average molecular weight is 255 g/mol. The molecule has 0 aromatic carbocycles. The van der Waals surface area contributed by atoms with Crippen molar-refractivity contribution in [3.8, 4) is 0 Å². The van der Waals surface area contributed by atoms with Gasteiger partial charge in [-0.05, 0) is 24.8 Å². The summed E-state index contributed by atoms with van der Waals surface area (Å²) in [5.41, 5.74) is 2.57. The molecule has 1 aliphatic heterocycles. The van der Waals surface area contributed by atoms with Crippen LogP contribution >= 0.6 is 11.8 Å². The Hall–Kier alpha value is -0.980. The second-order valence-corrected chi connectivity index (χ2v) is 5.24. The number of hydrogen-bond acceptors (Lipinski definition) is 5. The van der Waals surface area contributed by atoms with E-state index in [2.05, 4.69) is 10.3 Å². The Kier molecular flexibility index (Phi) is 4.47. The number of nitrogens with two attached hydrogens (primary N) is 1. The Morgan fingerprint density at radius 1 is 1.53 bits per heavy atom. The van der Waals surface area contributed by atoms with Gasteiger partial charge in [0.2, 0.25) is 0 Å². The molecule has 5 nitrogen and oxygen atoms in total. The van der Waals surface area contributed by atoms with Crippen LogP contribution in [0.25, 0.3) is 0 Å². The zero-order valence-electron chi connectivity index (χ0n) is 9.65. The standard InChI is InChI=1S/C11H17N3O2S/c12-13-11(15)9-6-10(16-8-9)7-14-2-1-4-17-5-3-14/h6,8H,1-5,7,12H2,(H,13,15). The Balaban J connectivity index is 1.93. The van der Waals surface area contributed by atoms with Crippen molar-refractivity contribution in [1.82, 2.24) is 10.3 Å². The fourth-order valence-electron chi connectivity index (χ4n) is 1.84. The summed E-state index contributed by atoms with van der Waals surface area (Å²) >= 11 is 1.99.